The van der Waals surface area contributed by atoms with Gasteiger partial charge in [0.25, 0.3) is 0 Å². The zero-order valence-corrected chi connectivity index (χ0v) is 10.3. The van der Waals surface area contributed by atoms with Crippen LogP contribution < -0.4 is 5.63 Å². The molecular weight excluding hydrogens is 244 g/mol. The fraction of sp³-hybridized carbons (Fsp3) is 0.133. The highest BCUT2D eigenvalue weighted by Crippen LogP contribution is 2.31. The molecule has 3 rings (SSSR count). The smallest absolute Gasteiger partial charge is 0.344 e. The van der Waals surface area contributed by atoms with Crippen molar-refractivity contribution in [1.29, 1.82) is 0 Å². The van der Waals surface area contributed by atoms with E-state index in [0.29, 0.717) is 17.4 Å². The van der Waals surface area contributed by atoms with Crippen molar-refractivity contribution in [3.8, 4) is 11.5 Å². The molecular formula is C15H12O4. The highest BCUT2D eigenvalue weighted by Gasteiger charge is 2.12. The average Bonchev–Trinajstić information content (AvgIpc) is 2.38. The summed E-state index contributed by atoms with van der Waals surface area (Å²) >= 11 is 0. The van der Waals surface area contributed by atoms with E-state index in [2.05, 4.69) is 0 Å². The Morgan fingerprint density at radius 2 is 1.84 bits per heavy atom. The van der Waals surface area contributed by atoms with E-state index in [0.717, 1.165) is 16.3 Å². The standard InChI is InChI=1S/C15H12O4/c1-2-8-5-10(17)7-13-14(8)11-4-3-9(16)6-12(11)15(18)19-13/h3-7,16-17H,2H2,1H3. The molecule has 3 aromatic rings. The summed E-state index contributed by atoms with van der Waals surface area (Å²) in [6, 6.07) is 7.72. The van der Waals surface area contributed by atoms with Gasteiger partial charge in [-0.15, -0.1) is 0 Å². The van der Waals surface area contributed by atoms with E-state index in [-0.39, 0.29) is 11.5 Å². The molecule has 0 bridgehead atoms. The van der Waals surface area contributed by atoms with E-state index in [9.17, 15) is 15.0 Å². The van der Waals surface area contributed by atoms with Crippen LogP contribution in [0.5, 0.6) is 11.5 Å². The highest BCUT2D eigenvalue weighted by atomic mass is 16.4. The molecule has 0 amide bonds. The van der Waals surface area contributed by atoms with Crippen LogP contribution >= 0.6 is 0 Å². The maximum Gasteiger partial charge on any atom is 0.344 e. The number of aromatic hydroxyl groups is 2. The Labute approximate surface area is 108 Å². The SMILES string of the molecule is CCc1cc(O)cc2oc(=O)c3cc(O)ccc3c12. The Kier molecular flexibility index (Phi) is 2.45. The van der Waals surface area contributed by atoms with Crippen LogP contribution in [0.3, 0.4) is 0 Å². The number of rotatable bonds is 1. The molecule has 0 atom stereocenters. The van der Waals surface area contributed by atoms with Gasteiger partial charge >= 0.3 is 5.63 Å². The van der Waals surface area contributed by atoms with E-state index < -0.39 is 5.63 Å². The summed E-state index contributed by atoms with van der Waals surface area (Å²) in [5.74, 6) is 0.0987. The molecule has 96 valence electrons. The Morgan fingerprint density at radius 1 is 1.05 bits per heavy atom. The van der Waals surface area contributed by atoms with Gasteiger partial charge in [-0.1, -0.05) is 6.92 Å². The third-order valence-electron chi connectivity index (χ3n) is 3.24. The van der Waals surface area contributed by atoms with Gasteiger partial charge in [-0.2, -0.15) is 0 Å². The Morgan fingerprint density at radius 3 is 2.58 bits per heavy atom. The van der Waals surface area contributed by atoms with Crippen LogP contribution in [0.15, 0.2) is 39.5 Å². The average molecular weight is 256 g/mol. The summed E-state index contributed by atoms with van der Waals surface area (Å²) in [5.41, 5.74) is 0.737. The van der Waals surface area contributed by atoms with Gasteiger partial charge in [-0.25, -0.2) is 4.79 Å². The van der Waals surface area contributed by atoms with E-state index >= 15 is 0 Å². The monoisotopic (exact) mass is 256 g/mol. The molecule has 0 aliphatic rings. The molecule has 0 aliphatic heterocycles. The third kappa shape index (κ3) is 1.73. The molecule has 0 saturated heterocycles. The lowest BCUT2D eigenvalue weighted by molar-refractivity contribution is 0.471. The van der Waals surface area contributed by atoms with Crippen LogP contribution in [0.2, 0.25) is 0 Å². The molecule has 2 N–H and O–H groups in total. The highest BCUT2D eigenvalue weighted by molar-refractivity contribution is 6.06. The van der Waals surface area contributed by atoms with Gasteiger partial charge in [0, 0.05) is 16.8 Å². The van der Waals surface area contributed by atoms with Crippen molar-refractivity contribution in [3.63, 3.8) is 0 Å². The second-order valence-corrected chi connectivity index (χ2v) is 4.45. The molecule has 0 aliphatic carbocycles. The van der Waals surface area contributed by atoms with Crippen LogP contribution in [0.25, 0.3) is 21.7 Å². The molecule has 4 heteroatoms. The summed E-state index contributed by atoms with van der Waals surface area (Å²) in [6.45, 7) is 1.96. The first-order valence-corrected chi connectivity index (χ1v) is 6.01. The molecule has 1 heterocycles. The number of phenols is 2. The van der Waals surface area contributed by atoms with Crippen molar-refractivity contribution in [2.75, 3.05) is 0 Å². The van der Waals surface area contributed by atoms with Crippen molar-refractivity contribution in [2.24, 2.45) is 0 Å². The molecule has 4 nitrogen and oxygen atoms in total. The predicted octanol–water partition coefficient (Wildman–Crippen LogP) is 2.92. The van der Waals surface area contributed by atoms with Gasteiger partial charge in [-0.05, 0) is 36.2 Å². The van der Waals surface area contributed by atoms with Gasteiger partial charge < -0.3 is 14.6 Å². The van der Waals surface area contributed by atoms with Crippen LogP contribution in [0.1, 0.15) is 12.5 Å². The van der Waals surface area contributed by atoms with E-state index in [1.165, 1.54) is 18.2 Å². The van der Waals surface area contributed by atoms with E-state index in [1.807, 2.05) is 6.92 Å². The molecule has 0 saturated carbocycles. The number of aryl methyl sites for hydroxylation is 1. The number of benzene rings is 2. The van der Waals surface area contributed by atoms with E-state index in [4.69, 9.17) is 4.42 Å². The van der Waals surface area contributed by atoms with Crippen LogP contribution in [0.4, 0.5) is 0 Å². The molecule has 0 spiro atoms. The minimum Gasteiger partial charge on any atom is -0.508 e. The van der Waals surface area contributed by atoms with Crippen molar-refractivity contribution in [2.45, 2.75) is 13.3 Å². The fourth-order valence-corrected chi connectivity index (χ4v) is 2.40. The minimum atomic E-state index is -0.522. The maximum atomic E-state index is 11.9. The maximum absolute atomic E-state index is 11.9. The Hall–Kier alpha value is -2.49. The summed E-state index contributed by atoms with van der Waals surface area (Å²) in [7, 11) is 0. The summed E-state index contributed by atoms with van der Waals surface area (Å²) in [5, 5.41) is 21.0. The van der Waals surface area contributed by atoms with Crippen molar-refractivity contribution >= 4 is 21.7 Å². The topological polar surface area (TPSA) is 70.7 Å². The number of fused-ring (bicyclic) bond motifs is 3. The second kappa shape index (κ2) is 4.02. The van der Waals surface area contributed by atoms with Gasteiger partial charge in [0.15, 0.2) is 0 Å². The zero-order valence-electron chi connectivity index (χ0n) is 10.3. The Bertz CT molecular complexity index is 846. The van der Waals surface area contributed by atoms with Gasteiger partial charge in [0.1, 0.15) is 17.1 Å². The Balaban J connectivity index is 2.62. The molecule has 0 unspecified atom stereocenters. The molecule has 0 fully saturated rings. The fourth-order valence-electron chi connectivity index (χ4n) is 2.40. The van der Waals surface area contributed by atoms with Gasteiger partial charge in [0.2, 0.25) is 0 Å². The largest absolute Gasteiger partial charge is 0.508 e. The predicted molar refractivity (Wildman–Crippen MR) is 72.7 cm³/mol. The van der Waals surface area contributed by atoms with Crippen molar-refractivity contribution in [1.82, 2.24) is 0 Å². The number of phenolic OH excluding ortho intramolecular Hbond substituents is 2. The van der Waals surface area contributed by atoms with Crippen molar-refractivity contribution < 1.29 is 14.6 Å². The minimum absolute atomic E-state index is 0.0241. The second-order valence-electron chi connectivity index (χ2n) is 4.45. The summed E-state index contributed by atoms with van der Waals surface area (Å²) < 4.78 is 5.23. The van der Waals surface area contributed by atoms with Crippen LogP contribution in [-0.2, 0) is 6.42 Å². The normalized spacial score (nSPS) is 11.2. The summed E-state index contributed by atoms with van der Waals surface area (Å²) in [6.07, 6.45) is 0.703. The van der Waals surface area contributed by atoms with Crippen LogP contribution in [0, 0.1) is 0 Å². The zero-order chi connectivity index (χ0) is 13.6. The first-order chi connectivity index (χ1) is 9.10. The van der Waals surface area contributed by atoms with E-state index in [1.54, 1.807) is 12.1 Å². The number of hydrogen-bond donors (Lipinski definition) is 2. The lowest BCUT2D eigenvalue weighted by atomic mass is 10.0. The summed E-state index contributed by atoms with van der Waals surface area (Å²) in [4.78, 5) is 11.9. The third-order valence-corrected chi connectivity index (χ3v) is 3.24. The van der Waals surface area contributed by atoms with Gasteiger partial charge in [0.05, 0.1) is 5.39 Å². The quantitative estimate of drug-likeness (QED) is 0.518. The molecule has 0 radical (unpaired) electrons. The molecule has 2 aromatic carbocycles. The first-order valence-electron chi connectivity index (χ1n) is 6.01. The molecule has 19 heavy (non-hydrogen) atoms. The number of hydrogen-bond acceptors (Lipinski definition) is 4. The van der Waals surface area contributed by atoms with Gasteiger partial charge in [-0.3, -0.25) is 0 Å². The van der Waals surface area contributed by atoms with Crippen molar-refractivity contribution in [3.05, 3.63) is 46.3 Å². The first kappa shape index (κ1) is 11.6. The lowest BCUT2D eigenvalue weighted by Crippen LogP contribution is -2.00. The molecule has 1 aromatic heterocycles. The van der Waals surface area contributed by atoms with Crippen LogP contribution in [-0.4, -0.2) is 10.2 Å². The lowest BCUT2D eigenvalue weighted by Gasteiger charge is -2.08.